The third-order valence-corrected chi connectivity index (χ3v) is 6.05. The molecule has 0 amide bonds. The average molecular weight is 521 g/mol. The number of allylic oxidation sites excluding steroid dienone is 2. The van der Waals surface area contributed by atoms with E-state index in [2.05, 4.69) is 19.1 Å². The Hall–Kier alpha value is -1.07. The summed E-state index contributed by atoms with van der Waals surface area (Å²) in [5, 5.41) is 53.0. The van der Waals surface area contributed by atoms with Crippen molar-refractivity contribution in [2.75, 3.05) is 26.4 Å². The number of hydrogen-bond acceptors (Lipinski definition) is 9. The predicted molar refractivity (Wildman–Crippen MR) is 138 cm³/mol. The van der Waals surface area contributed by atoms with Gasteiger partial charge >= 0.3 is 5.97 Å². The highest BCUT2D eigenvalue weighted by Gasteiger charge is 2.39. The molecule has 0 saturated carbocycles. The third kappa shape index (κ3) is 19.1. The Morgan fingerprint density at radius 2 is 1.42 bits per heavy atom. The molecule has 4 atom stereocenters. The number of aliphatic hydroxyl groups excluding tert-OH is 6. The fourth-order valence-electron chi connectivity index (χ4n) is 3.71. The van der Waals surface area contributed by atoms with E-state index in [0.29, 0.717) is 6.42 Å². The molecular formula is C27H52O9. The van der Waals surface area contributed by atoms with Gasteiger partial charge in [-0.3, -0.25) is 4.79 Å². The van der Waals surface area contributed by atoms with Crippen molar-refractivity contribution >= 4 is 5.97 Å². The van der Waals surface area contributed by atoms with Crippen LogP contribution in [0.25, 0.3) is 0 Å². The lowest BCUT2D eigenvalue weighted by atomic mass is 10.1. The molecular weight excluding hydrogens is 468 g/mol. The first-order valence-electron chi connectivity index (χ1n) is 13.7. The zero-order chi connectivity index (χ0) is 27.0. The molecule has 0 aromatic heterocycles. The molecule has 0 unspecified atom stereocenters. The van der Waals surface area contributed by atoms with E-state index >= 15 is 0 Å². The third-order valence-electron chi connectivity index (χ3n) is 6.05. The van der Waals surface area contributed by atoms with E-state index in [1.54, 1.807) is 0 Å². The second-order valence-electron chi connectivity index (χ2n) is 9.46. The molecule has 1 aliphatic rings. The smallest absolute Gasteiger partial charge is 0.305 e. The number of unbranched alkanes of at least 4 members (excludes halogenated alkanes) is 11. The molecule has 0 bridgehead atoms. The summed E-state index contributed by atoms with van der Waals surface area (Å²) < 4.78 is 10.2. The molecule has 0 aromatic rings. The van der Waals surface area contributed by atoms with Gasteiger partial charge in [0.1, 0.15) is 37.1 Å². The van der Waals surface area contributed by atoms with Crippen LogP contribution in [0.15, 0.2) is 12.2 Å². The standard InChI is InChI=1S/C24H44O6.C3H8O3/c1-2-3-4-5-6-7-8-9-10-11-12-13-14-15-16-17-22(27)29-19-21(26)24-23(28)20(25)18-30-24;4-1-3(6)2-5/h9-10,20-21,23-26,28H,2-8,11-19H2,1H3;3-6H,1-2H2/b10-9-;/t20-,21+,23+,24+;/m0./s1. The number of hydrogen-bond donors (Lipinski definition) is 6. The molecule has 1 heterocycles. The van der Waals surface area contributed by atoms with Gasteiger partial charge in [0.2, 0.25) is 0 Å². The summed E-state index contributed by atoms with van der Waals surface area (Å²) in [6.45, 7) is 1.27. The summed E-state index contributed by atoms with van der Waals surface area (Å²) in [7, 11) is 0. The van der Waals surface area contributed by atoms with Gasteiger partial charge < -0.3 is 40.1 Å². The fraction of sp³-hybridized carbons (Fsp3) is 0.889. The van der Waals surface area contributed by atoms with Crippen LogP contribution in [0.1, 0.15) is 96.8 Å². The fourth-order valence-corrected chi connectivity index (χ4v) is 3.71. The summed E-state index contributed by atoms with van der Waals surface area (Å²) in [4.78, 5) is 11.7. The minimum absolute atomic E-state index is 0.0221. The summed E-state index contributed by atoms with van der Waals surface area (Å²) in [5.74, 6) is -0.347. The molecule has 1 rings (SSSR count). The number of aliphatic hydroxyl groups is 6. The lowest BCUT2D eigenvalue weighted by molar-refractivity contribution is -0.151. The molecule has 0 aromatic carbocycles. The van der Waals surface area contributed by atoms with Crippen molar-refractivity contribution in [2.45, 2.75) is 127 Å². The van der Waals surface area contributed by atoms with E-state index < -0.39 is 30.5 Å². The highest BCUT2D eigenvalue weighted by molar-refractivity contribution is 5.69. The van der Waals surface area contributed by atoms with Crippen molar-refractivity contribution in [3.63, 3.8) is 0 Å². The quantitative estimate of drug-likeness (QED) is 0.0805. The molecule has 1 fully saturated rings. The van der Waals surface area contributed by atoms with Crippen molar-refractivity contribution < 1.29 is 44.9 Å². The normalized spacial score (nSPS) is 20.5. The number of rotatable bonds is 20. The van der Waals surface area contributed by atoms with Crippen LogP contribution in [0.4, 0.5) is 0 Å². The van der Waals surface area contributed by atoms with E-state index in [0.717, 1.165) is 25.7 Å². The Kier molecular flexibility index (Phi) is 23.6. The van der Waals surface area contributed by atoms with Crippen molar-refractivity contribution in [3.8, 4) is 0 Å². The first-order chi connectivity index (χ1) is 17.4. The summed E-state index contributed by atoms with van der Waals surface area (Å²) >= 11 is 0. The first-order valence-corrected chi connectivity index (χ1v) is 13.7. The number of carbonyl (C=O) groups excluding carboxylic acids is 1. The Labute approximate surface area is 217 Å². The van der Waals surface area contributed by atoms with Crippen LogP contribution in [0, 0.1) is 0 Å². The second-order valence-corrected chi connectivity index (χ2v) is 9.46. The van der Waals surface area contributed by atoms with Gasteiger partial charge in [-0.25, -0.2) is 0 Å². The zero-order valence-electron chi connectivity index (χ0n) is 22.2. The topological polar surface area (TPSA) is 157 Å². The molecule has 0 radical (unpaired) electrons. The lowest BCUT2D eigenvalue weighted by Gasteiger charge is -2.20. The van der Waals surface area contributed by atoms with Crippen LogP contribution in [-0.2, 0) is 14.3 Å². The highest BCUT2D eigenvalue weighted by atomic mass is 16.6. The second kappa shape index (κ2) is 24.3. The van der Waals surface area contributed by atoms with Crippen molar-refractivity contribution in [3.05, 3.63) is 12.2 Å². The molecule has 1 saturated heterocycles. The molecule has 0 spiro atoms. The molecule has 9 heteroatoms. The van der Waals surface area contributed by atoms with Crippen LogP contribution in [0.3, 0.4) is 0 Å². The molecule has 0 aliphatic carbocycles. The van der Waals surface area contributed by atoms with Crippen LogP contribution in [-0.4, -0.2) is 93.6 Å². The summed E-state index contributed by atoms with van der Waals surface area (Å²) in [6, 6.07) is 0. The predicted octanol–water partition coefficient (Wildman–Crippen LogP) is 2.38. The molecule has 6 N–H and O–H groups in total. The Balaban J connectivity index is 0.00000181. The van der Waals surface area contributed by atoms with Crippen LogP contribution in [0.2, 0.25) is 0 Å². The van der Waals surface area contributed by atoms with Gasteiger partial charge in [0, 0.05) is 6.42 Å². The van der Waals surface area contributed by atoms with Crippen molar-refractivity contribution in [2.24, 2.45) is 0 Å². The van der Waals surface area contributed by atoms with Gasteiger partial charge in [-0.05, 0) is 32.1 Å². The Bertz CT molecular complexity index is 525. The molecule has 214 valence electrons. The van der Waals surface area contributed by atoms with Gasteiger partial charge in [0.15, 0.2) is 0 Å². The number of carbonyl (C=O) groups is 1. The van der Waals surface area contributed by atoms with E-state index in [1.165, 1.54) is 57.8 Å². The zero-order valence-corrected chi connectivity index (χ0v) is 22.2. The summed E-state index contributed by atoms with van der Waals surface area (Å²) in [5.41, 5.74) is 0. The lowest BCUT2D eigenvalue weighted by Crippen LogP contribution is -2.41. The maximum Gasteiger partial charge on any atom is 0.305 e. The van der Waals surface area contributed by atoms with Gasteiger partial charge in [0.05, 0.1) is 19.8 Å². The highest BCUT2D eigenvalue weighted by Crippen LogP contribution is 2.18. The van der Waals surface area contributed by atoms with Crippen molar-refractivity contribution in [1.29, 1.82) is 0 Å². The SMILES string of the molecule is CCCCCCCC/C=C\CCCCCCCC(=O)OC[C@@H](O)[C@H]1OC[C@H](O)[C@H]1O.OCC(O)CO. The van der Waals surface area contributed by atoms with Gasteiger partial charge in [-0.2, -0.15) is 0 Å². The maximum absolute atomic E-state index is 11.7. The molecule has 9 nitrogen and oxygen atoms in total. The van der Waals surface area contributed by atoms with Crippen LogP contribution in [0.5, 0.6) is 0 Å². The van der Waals surface area contributed by atoms with E-state index in [4.69, 9.17) is 24.8 Å². The maximum atomic E-state index is 11.7. The number of esters is 1. The van der Waals surface area contributed by atoms with Gasteiger partial charge in [-0.1, -0.05) is 70.4 Å². The van der Waals surface area contributed by atoms with Gasteiger partial charge in [-0.15, -0.1) is 0 Å². The Morgan fingerprint density at radius 1 is 0.889 bits per heavy atom. The average Bonchev–Trinajstić information content (AvgIpc) is 3.22. The molecule has 1 aliphatic heterocycles. The van der Waals surface area contributed by atoms with E-state index in [9.17, 15) is 20.1 Å². The largest absolute Gasteiger partial charge is 0.463 e. The number of ether oxygens (including phenoxy) is 2. The van der Waals surface area contributed by atoms with E-state index in [-0.39, 0.29) is 32.4 Å². The summed E-state index contributed by atoms with van der Waals surface area (Å²) in [6.07, 6.45) is 15.5. The minimum Gasteiger partial charge on any atom is -0.463 e. The Morgan fingerprint density at radius 3 is 1.89 bits per heavy atom. The van der Waals surface area contributed by atoms with E-state index in [1.807, 2.05) is 0 Å². The van der Waals surface area contributed by atoms with Crippen LogP contribution < -0.4 is 0 Å². The van der Waals surface area contributed by atoms with Crippen LogP contribution >= 0.6 is 0 Å². The van der Waals surface area contributed by atoms with Crippen molar-refractivity contribution in [1.82, 2.24) is 0 Å². The van der Waals surface area contributed by atoms with Gasteiger partial charge in [0.25, 0.3) is 0 Å². The first kappa shape index (κ1) is 34.9. The minimum atomic E-state index is -1.15. The molecule has 36 heavy (non-hydrogen) atoms. The monoisotopic (exact) mass is 520 g/mol.